The molecule has 0 atom stereocenters. The molecule has 0 aliphatic heterocycles. The summed E-state index contributed by atoms with van der Waals surface area (Å²) >= 11 is 6.21. The smallest absolute Gasteiger partial charge is 0.196 e. The maximum atomic E-state index is 13.0. The van der Waals surface area contributed by atoms with Gasteiger partial charge in [0.05, 0.1) is 29.7 Å². The predicted molar refractivity (Wildman–Crippen MR) is 125 cm³/mol. The van der Waals surface area contributed by atoms with Crippen molar-refractivity contribution in [2.24, 2.45) is 0 Å². The van der Waals surface area contributed by atoms with Gasteiger partial charge in [0.1, 0.15) is 5.75 Å². The van der Waals surface area contributed by atoms with Crippen molar-refractivity contribution >= 4 is 34.4 Å². The number of nitrogens with zero attached hydrogens (tertiary/aromatic N) is 1. The SMILES string of the molecule is COc1ccc(Nc2cncc(-c3cccc(C(=O)c4ccccc4Cl)c3N)c2)cc1. The van der Waals surface area contributed by atoms with Crippen LogP contribution in [-0.2, 0) is 0 Å². The van der Waals surface area contributed by atoms with Crippen LogP contribution >= 0.6 is 11.6 Å². The van der Waals surface area contributed by atoms with Crippen LogP contribution in [0.5, 0.6) is 5.75 Å². The van der Waals surface area contributed by atoms with E-state index in [0.717, 1.165) is 28.3 Å². The normalized spacial score (nSPS) is 10.5. The van der Waals surface area contributed by atoms with Crippen LogP contribution in [0.4, 0.5) is 17.1 Å². The average molecular weight is 430 g/mol. The van der Waals surface area contributed by atoms with Crippen LogP contribution in [0.25, 0.3) is 11.1 Å². The highest BCUT2D eigenvalue weighted by atomic mass is 35.5. The fourth-order valence-corrected chi connectivity index (χ4v) is 3.52. The number of carbonyl (C=O) groups is 1. The number of nitrogens with one attached hydrogen (secondary N) is 1. The maximum Gasteiger partial charge on any atom is 0.196 e. The van der Waals surface area contributed by atoms with Crippen molar-refractivity contribution in [2.75, 3.05) is 18.2 Å². The van der Waals surface area contributed by atoms with Crippen molar-refractivity contribution in [2.45, 2.75) is 0 Å². The molecule has 0 bridgehead atoms. The molecule has 6 heteroatoms. The molecule has 3 N–H and O–H groups in total. The second-order valence-electron chi connectivity index (χ2n) is 6.89. The number of ketones is 1. The third-order valence-electron chi connectivity index (χ3n) is 4.90. The van der Waals surface area contributed by atoms with E-state index in [4.69, 9.17) is 22.1 Å². The molecule has 3 aromatic carbocycles. The van der Waals surface area contributed by atoms with E-state index in [1.54, 1.807) is 55.9 Å². The molecule has 0 amide bonds. The van der Waals surface area contributed by atoms with Gasteiger partial charge in [-0.2, -0.15) is 0 Å². The molecule has 0 radical (unpaired) electrons. The number of nitrogens with two attached hydrogens (primary N) is 1. The lowest BCUT2D eigenvalue weighted by Crippen LogP contribution is -2.07. The van der Waals surface area contributed by atoms with Gasteiger partial charge in [-0.25, -0.2) is 0 Å². The zero-order chi connectivity index (χ0) is 21.8. The minimum atomic E-state index is -0.217. The number of ether oxygens (including phenoxy) is 1. The quantitative estimate of drug-likeness (QED) is 0.292. The average Bonchev–Trinajstić information content (AvgIpc) is 2.80. The van der Waals surface area contributed by atoms with Gasteiger partial charge in [0.2, 0.25) is 0 Å². The molecule has 0 aliphatic rings. The first kappa shape index (κ1) is 20.4. The van der Waals surface area contributed by atoms with Crippen molar-refractivity contribution < 1.29 is 9.53 Å². The molecule has 1 heterocycles. The van der Waals surface area contributed by atoms with E-state index in [-0.39, 0.29) is 5.78 Å². The molecule has 31 heavy (non-hydrogen) atoms. The van der Waals surface area contributed by atoms with Gasteiger partial charge in [0.15, 0.2) is 5.78 Å². The van der Waals surface area contributed by atoms with Gasteiger partial charge in [-0.15, -0.1) is 0 Å². The lowest BCUT2D eigenvalue weighted by Gasteiger charge is -2.13. The Balaban J connectivity index is 1.66. The number of rotatable bonds is 6. The molecular formula is C25H20ClN3O2. The minimum Gasteiger partial charge on any atom is -0.497 e. The number of methoxy groups -OCH3 is 1. The molecule has 4 rings (SSSR count). The summed E-state index contributed by atoms with van der Waals surface area (Å²) in [4.78, 5) is 17.4. The summed E-state index contributed by atoms with van der Waals surface area (Å²) in [7, 11) is 1.63. The van der Waals surface area contributed by atoms with Crippen LogP contribution in [-0.4, -0.2) is 17.9 Å². The van der Waals surface area contributed by atoms with Crippen LogP contribution < -0.4 is 15.8 Å². The number of anilines is 3. The van der Waals surface area contributed by atoms with Crippen LogP contribution in [0.3, 0.4) is 0 Å². The molecule has 1 aromatic heterocycles. The Morgan fingerprint density at radius 2 is 1.68 bits per heavy atom. The van der Waals surface area contributed by atoms with Gasteiger partial charge in [-0.05, 0) is 48.5 Å². The van der Waals surface area contributed by atoms with Crippen molar-refractivity contribution in [3.05, 3.63) is 101 Å². The summed E-state index contributed by atoms with van der Waals surface area (Å²) < 4.78 is 5.19. The van der Waals surface area contributed by atoms with Gasteiger partial charge in [0.25, 0.3) is 0 Å². The largest absolute Gasteiger partial charge is 0.497 e. The van der Waals surface area contributed by atoms with Gasteiger partial charge in [0, 0.05) is 34.1 Å². The fourth-order valence-electron chi connectivity index (χ4n) is 3.30. The lowest BCUT2D eigenvalue weighted by atomic mass is 9.96. The second kappa shape index (κ2) is 8.90. The molecule has 0 unspecified atom stereocenters. The van der Waals surface area contributed by atoms with Gasteiger partial charge < -0.3 is 15.8 Å². The number of hydrogen-bond acceptors (Lipinski definition) is 5. The number of hydrogen-bond donors (Lipinski definition) is 2. The Hall–Kier alpha value is -3.83. The summed E-state index contributed by atoms with van der Waals surface area (Å²) in [6, 6.07) is 21.8. The van der Waals surface area contributed by atoms with Crippen LogP contribution in [0.15, 0.2) is 85.2 Å². The third kappa shape index (κ3) is 4.37. The molecule has 0 fully saturated rings. The van der Waals surface area contributed by atoms with Crippen LogP contribution in [0.2, 0.25) is 5.02 Å². The summed E-state index contributed by atoms with van der Waals surface area (Å²) in [6.07, 6.45) is 3.44. The van der Waals surface area contributed by atoms with E-state index in [2.05, 4.69) is 10.3 Å². The molecule has 0 spiro atoms. The number of carbonyl (C=O) groups excluding carboxylic acids is 1. The Bertz CT molecular complexity index is 1240. The highest BCUT2D eigenvalue weighted by Gasteiger charge is 2.17. The second-order valence-corrected chi connectivity index (χ2v) is 7.30. The van der Waals surface area contributed by atoms with Crippen molar-refractivity contribution in [1.82, 2.24) is 4.98 Å². The van der Waals surface area contributed by atoms with Crippen LogP contribution in [0.1, 0.15) is 15.9 Å². The van der Waals surface area contributed by atoms with Gasteiger partial charge in [-0.1, -0.05) is 35.9 Å². The van der Waals surface area contributed by atoms with E-state index < -0.39 is 0 Å². The van der Waals surface area contributed by atoms with Gasteiger partial charge >= 0.3 is 0 Å². The number of halogens is 1. The number of aromatic nitrogens is 1. The first-order valence-corrected chi connectivity index (χ1v) is 9.99. The Morgan fingerprint density at radius 1 is 0.935 bits per heavy atom. The summed E-state index contributed by atoms with van der Waals surface area (Å²) in [6.45, 7) is 0. The van der Waals surface area contributed by atoms with E-state index in [9.17, 15) is 4.79 Å². The monoisotopic (exact) mass is 429 g/mol. The predicted octanol–water partition coefficient (Wildman–Crippen LogP) is 5.97. The molecule has 0 aliphatic carbocycles. The molecule has 0 saturated heterocycles. The highest BCUT2D eigenvalue weighted by molar-refractivity contribution is 6.35. The van der Waals surface area contributed by atoms with Crippen LogP contribution in [0, 0.1) is 0 Å². The Labute approximate surface area is 185 Å². The zero-order valence-corrected chi connectivity index (χ0v) is 17.6. The summed E-state index contributed by atoms with van der Waals surface area (Å²) in [5, 5.41) is 3.71. The number of benzene rings is 3. The van der Waals surface area contributed by atoms with Crippen molar-refractivity contribution in [3.8, 4) is 16.9 Å². The van der Waals surface area contributed by atoms with E-state index in [1.807, 2.05) is 36.4 Å². The maximum absolute atomic E-state index is 13.0. The van der Waals surface area contributed by atoms with Crippen molar-refractivity contribution in [3.63, 3.8) is 0 Å². The topological polar surface area (TPSA) is 77.2 Å². The Kier molecular flexibility index (Phi) is 5.87. The number of nitrogen functional groups attached to an aromatic ring is 1. The molecule has 5 nitrogen and oxygen atoms in total. The molecule has 4 aromatic rings. The minimum absolute atomic E-state index is 0.217. The number of para-hydroxylation sites is 1. The van der Waals surface area contributed by atoms with Gasteiger partial charge in [-0.3, -0.25) is 9.78 Å². The third-order valence-corrected chi connectivity index (χ3v) is 5.23. The highest BCUT2D eigenvalue weighted by Crippen LogP contribution is 2.32. The molecule has 154 valence electrons. The zero-order valence-electron chi connectivity index (χ0n) is 16.8. The van der Waals surface area contributed by atoms with E-state index >= 15 is 0 Å². The standard InChI is InChI=1S/C25H20ClN3O2/c1-31-19-11-9-17(10-12-19)29-18-13-16(14-28-15-18)20-6-4-7-22(24(20)27)25(30)21-5-2-3-8-23(21)26/h2-15,29H,27H2,1H3. The first-order chi connectivity index (χ1) is 15.1. The fraction of sp³-hybridized carbons (Fsp3) is 0.0400. The lowest BCUT2D eigenvalue weighted by molar-refractivity contribution is 0.103. The summed E-state index contributed by atoms with van der Waals surface area (Å²) in [5.41, 5.74) is 10.8. The summed E-state index contributed by atoms with van der Waals surface area (Å²) in [5.74, 6) is 0.565. The molecule has 0 saturated carbocycles. The first-order valence-electron chi connectivity index (χ1n) is 9.61. The van der Waals surface area contributed by atoms with Crippen molar-refractivity contribution in [1.29, 1.82) is 0 Å². The molecular weight excluding hydrogens is 410 g/mol. The Morgan fingerprint density at radius 3 is 2.42 bits per heavy atom. The van der Waals surface area contributed by atoms with E-state index in [1.165, 1.54) is 0 Å². The number of pyridine rings is 1. The van der Waals surface area contributed by atoms with E-state index in [0.29, 0.717) is 21.8 Å².